The number of hydrogen-bond acceptors (Lipinski definition) is 3. The lowest BCUT2D eigenvalue weighted by molar-refractivity contribution is -0.134. The van der Waals surface area contributed by atoms with Gasteiger partial charge >= 0.3 is 0 Å². The maximum absolute atomic E-state index is 12.4. The van der Waals surface area contributed by atoms with Crippen LogP contribution in [-0.4, -0.2) is 42.4 Å². The standard InChI is InChI=1S/C17H23N3O2/c21-16(14-6-9-18-10-7-14)19-15-8-11-20(17(15)22)12-13-4-2-1-3-5-13/h1-5,14-15,18H,6-12H2,(H,19,21). The number of benzene rings is 1. The molecule has 2 aliphatic heterocycles. The lowest BCUT2D eigenvalue weighted by Crippen LogP contribution is -2.45. The van der Waals surface area contributed by atoms with Gasteiger partial charge in [-0.1, -0.05) is 30.3 Å². The van der Waals surface area contributed by atoms with Crippen LogP contribution in [0.2, 0.25) is 0 Å². The summed E-state index contributed by atoms with van der Waals surface area (Å²) in [4.78, 5) is 26.5. The highest BCUT2D eigenvalue weighted by atomic mass is 16.2. The molecule has 0 aromatic heterocycles. The van der Waals surface area contributed by atoms with Gasteiger partial charge in [0.05, 0.1) is 0 Å². The molecule has 22 heavy (non-hydrogen) atoms. The molecule has 2 aliphatic rings. The molecule has 0 aliphatic carbocycles. The third-order valence-electron chi connectivity index (χ3n) is 4.54. The maximum atomic E-state index is 12.4. The van der Waals surface area contributed by atoms with Gasteiger partial charge in [0.25, 0.3) is 0 Å². The van der Waals surface area contributed by atoms with Crippen molar-refractivity contribution in [3.05, 3.63) is 35.9 Å². The Balaban J connectivity index is 1.53. The molecule has 5 nitrogen and oxygen atoms in total. The normalized spacial score (nSPS) is 22.8. The van der Waals surface area contributed by atoms with E-state index in [1.54, 1.807) is 0 Å². The number of piperidine rings is 1. The molecule has 0 saturated carbocycles. The summed E-state index contributed by atoms with van der Waals surface area (Å²) in [5.74, 6) is 0.143. The van der Waals surface area contributed by atoms with Crippen LogP contribution in [0.25, 0.3) is 0 Å². The molecule has 0 radical (unpaired) electrons. The molecule has 0 bridgehead atoms. The van der Waals surface area contributed by atoms with Gasteiger partial charge in [0, 0.05) is 19.0 Å². The monoisotopic (exact) mass is 301 g/mol. The number of likely N-dealkylation sites (tertiary alicyclic amines) is 1. The lowest BCUT2D eigenvalue weighted by atomic mass is 9.97. The van der Waals surface area contributed by atoms with Crippen LogP contribution >= 0.6 is 0 Å². The molecule has 3 rings (SSSR count). The summed E-state index contributed by atoms with van der Waals surface area (Å²) in [5, 5.41) is 6.21. The minimum atomic E-state index is -0.342. The van der Waals surface area contributed by atoms with Crippen molar-refractivity contribution in [3.63, 3.8) is 0 Å². The van der Waals surface area contributed by atoms with Crippen LogP contribution in [-0.2, 0) is 16.1 Å². The summed E-state index contributed by atoms with van der Waals surface area (Å²) in [6.07, 6.45) is 2.43. The zero-order chi connectivity index (χ0) is 15.4. The van der Waals surface area contributed by atoms with Crippen LogP contribution in [0.15, 0.2) is 30.3 Å². The van der Waals surface area contributed by atoms with Crippen molar-refractivity contribution in [3.8, 4) is 0 Å². The maximum Gasteiger partial charge on any atom is 0.245 e. The topological polar surface area (TPSA) is 61.4 Å². The smallest absolute Gasteiger partial charge is 0.245 e. The predicted molar refractivity (Wildman–Crippen MR) is 84.0 cm³/mol. The van der Waals surface area contributed by atoms with E-state index in [1.807, 2.05) is 35.2 Å². The molecule has 2 heterocycles. The van der Waals surface area contributed by atoms with Gasteiger partial charge in [-0.15, -0.1) is 0 Å². The zero-order valence-electron chi connectivity index (χ0n) is 12.8. The Hall–Kier alpha value is -1.88. The number of carbonyl (C=O) groups is 2. The molecule has 2 amide bonds. The van der Waals surface area contributed by atoms with Crippen molar-refractivity contribution in [1.29, 1.82) is 0 Å². The van der Waals surface area contributed by atoms with Gasteiger partial charge in [-0.2, -0.15) is 0 Å². The first-order chi connectivity index (χ1) is 10.7. The molecular formula is C17H23N3O2. The summed E-state index contributed by atoms with van der Waals surface area (Å²) in [7, 11) is 0. The summed E-state index contributed by atoms with van der Waals surface area (Å²) >= 11 is 0. The predicted octanol–water partition coefficient (Wildman–Crippen LogP) is 0.903. The molecule has 2 fully saturated rings. The van der Waals surface area contributed by atoms with E-state index in [4.69, 9.17) is 0 Å². The molecule has 1 atom stereocenters. The summed E-state index contributed by atoms with van der Waals surface area (Å²) in [6, 6.07) is 9.63. The second-order valence-electron chi connectivity index (χ2n) is 6.12. The molecule has 1 unspecified atom stereocenters. The Kier molecular flexibility index (Phi) is 4.73. The van der Waals surface area contributed by atoms with Gasteiger partial charge in [-0.3, -0.25) is 9.59 Å². The third kappa shape index (κ3) is 3.47. The SMILES string of the molecule is O=C(NC1CCN(Cc2ccccc2)C1=O)C1CCNCC1. The van der Waals surface area contributed by atoms with Gasteiger partial charge in [-0.25, -0.2) is 0 Å². The van der Waals surface area contributed by atoms with Gasteiger partial charge in [0.15, 0.2) is 0 Å². The van der Waals surface area contributed by atoms with Crippen molar-refractivity contribution < 1.29 is 9.59 Å². The van der Waals surface area contributed by atoms with E-state index >= 15 is 0 Å². The molecular weight excluding hydrogens is 278 g/mol. The molecule has 1 aromatic rings. The third-order valence-corrected chi connectivity index (χ3v) is 4.54. The zero-order valence-corrected chi connectivity index (χ0v) is 12.8. The highest BCUT2D eigenvalue weighted by Crippen LogP contribution is 2.17. The minimum absolute atomic E-state index is 0.0430. The van der Waals surface area contributed by atoms with Crippen molar-refractivity contribution in [2.45, 2.75) is 31.8 Å². The van der Waals surface area contributed by atoms with E-state index in [9.17, 15) is 9.59 Å². The fraction of sp³-hybridized carbons (Fsp3) is 0.529. The Bertz CT molecular complexity index is 526. The van der Waals surface area contributed by atoms with Crippen molar-refractivity contribution in [2.75, 3.05) is 19.6 Å². The van der Waals surface area contributed by atoms with Gasteiger partial charge in [0.1, 0.15) is 6.04 Å². The molecule has 0 spiro atoms. The second kappa shape index (κ2) is 6.92. The van der Waals surface area contributed by atoms with Crippen LogP contribution < -0.4 is 10.6 Å². The number of rotatable bonds is 4. The lowest BCUT2D eigenvalue weighted by Gasteiger charge is -2.23. The summed E-state index contributed by atoms with van der Waals surface area (Å²) in [5.41, 5.74) is 1.13. The van der Waals surface area contributed by atoms with E-state index in [0.29, 0.717) is 19.5 Å². The van der Waals surface area contributed by atoms with Crippen molar-refractivity contribution >= 4 is 11.8 Å². The first kappa shape index (κ1) is 15.0. The van der Waals surface area contributed by atoms with E-state index in [-0.39, 0.29) is 23.8 Å². The number of amides is 2. The molecule has 5 heteroatoms. The quantitative estimate of drug-likeness (QED) is 0.869. The fourth-order valence-electron chi connectivity index (χ4n) is 3.21. The van der Waals surface area contributed by atoms with Gasteiger partial charge in [0.2, 0.25) is 11.8 Å². The van der Waals surface area contributed by atoms with E-state index in [1.165, 1.54) is 0 Å². The Morgan fingerprint density at radius 2 is 1.91 bits per heavy atom. The molecule has 1 aromatic carbocycles. The van der Waals surface area contributed by atoms with Crippen LogP contribution in [0, 0.1) is 5.92 Å². The highest BCUT2D eigenvalue weighted by molar-refractivity contribution is 5.89. The summed E-state index contributed by atoms with van der Waals surface area (Å²) in [6.45, 7) is 3.11. The van der Waals surface area contributed by atoms with Crippen molar-refractivity contribution in [1.82, 2.24) is 15.5 Å². The Morgan fingerprint density at radius 1 is 1.18 bits per heavy atom. The largest absolute Gasteiger partial charge is 0.344 e. The second-order valence-corrected chi connectivity index (χ2v) is 6.12. The molecule has 2 saturated heterocycles. The van der Waals surface area contributed by atoms with E-state index in [0.717, 1.165) is 31.5 Å². The first-order valence-corrected chi connectivity index (χ1v) is 8.08. The number of nitrogens with zero attached hydrogens (tertiary/aromatic N) is 1. The van der Waals surface area contributed by atoms with Crippen molar-refractivity contribution in [2.24, 2.45) is 5.92 Å². The molecule has 2 N–H and O–H groups in total. The average molecular weight is 301 g/mol. The fourth-order valence-corrected chi connectivity index (χ4v) is 3.21. The number of carbonyl (C=O) groups excluding carboxylic acids is 2. The highest BCUT2D eigenvalue weighted by Gasteiger charge is 2.34. The summed E-state index contributed by atoms with van der Waals surface area (Å²) < 4.78 is 0. The first-order valence-electron chi connectivity index (χ1n) is 8.08. The van der Waals surface area contributed by atoms with Gasteiger partial charge < -0.3 is 15.5 Å². The van der Waals surface area contributed by atoms with Gasteiger partial charge in [-0.05, 0) is 37.9 Å². The van der Waals surface area contributed by atoms with Crippen LogP contribution in [0.3, 0.4) is 0 Å². The number of nitrogens with one attached hydrogen (secondary N) is 2. The van der Waals surface area contributed by atoms with E-state index in [2.05, 4.69) is 10.6 Å². The van der Waals surface area contributed by atoms with Crippen LogP contribution in [0.1, 0.15) is 24.8 Å². The number of hydrogen-bond donors (Lipinski definition) is 2. The van der Waals surface area contributed by atoms with Crippen LogP contribution in [0.4, 0.5) is 0 Å². The van der Waals surface area contributed by atoms with Crippen LogP contribution in [0.5, 0.6) is 0 Å². The Labute approximate surface area is 131 Å². The Morgan fingerprint density at radius 3 is 2.64 bits per heavy atom. The van der Waals surface area contributed by atoms with E-state index < -0.39 is 0 Å². The average Bonchev–Trinajstić information content (AvgIpc) is 2.90. The molecule has 118 valence electrons. The minimum Gasteiger partial charge on any atom is -0.344 e.